The van der Waals surface area contributed by atoms with Crippen molar-refractivity contribution in [2.24, 2.45) is 0 Å². The van der Waals surface area contributed by atoms with Crippen molar-refractivity contribution in [3.05, 3.63) is 22.8 Å². The van der Waals surface area contributed by atoms with Gasteiger partial charge in [0.2, 0.25) is 10.0 Å². The average Bonchev–Trinajstić information content (AvgIpc) is 1.91. The molecule has 1 N–H and O–H groups in total. The van der Waals surface area contributed by atoms with Crippen LogP contribution in [0.1, 0.15) is 0 Å². The molecule has 0 aromatic carbocycles. The second-order valence-corrected chi connectivity index (χ2v) is 4.90. The highest BCUT2D eigenvalue weighted by atomic mass is 79.9. The maximum atomic E-state index is 10.7. The van der Waals surface area contributed by atoms with Crippen LogP contribution in [0.2, 0.25) is 0 Å². The fraction of sp³-hybridized carbons (Fsp3) is 0.167. The van der Waals surface area contributed by atoms with Gasteiger partial charge in [0.15, 0.2) is 0 Å². The standard InChI is InChI=1S/C6H7BrN2O2S/c1-12(10,11)9-6-3-2-5(7)4-8-6/h2-4H,1H3,(H,8,9). The fourth-order valence-corrected chi connectivity index (χ4v) is 1.36. The molecular formula is C6H7BrN2O2S. The number of nitrogens with one attached hydrogen (secondary N) is 1. The summed E-state index contributed by atoms with van der Waals surface area (Å²) in [5.41, 5.74) is 0. The molecule has 6 heteroatoms. The average molecular weight is 251 g/mol. The van der Waals surface area contributed by atoms with Gasteiger partial charge in [0.1, 0.15) is 5.82 Å². The molecular weight excluding hydrogens is 244 g/mol. The van der Waals surface area contributed by atoms with Gasteiger partial charge in [0, 0.05) is 10.7 Å². The van der Waals surface area contributed by atoms with Gasteiger partial charge >= 0.3 is 0 Å². The van der Waals surface area contributed by atoms with Crippen LogP contribution in [0.5, 0.6) is 0 Å². The summed E-state index contributed by atoms with van der Waals surface area (Å²) in [5.74, 6) is 0.320. The molecule has 0 aliphatic heterocycles. The summed E-state index contributed by atoms with van der Waals surface area (Å²) in [7, 11) is -3.22. The number of rotatable bonds is 2. The zero-order valence-corrected chi connectivity index (χ0v) is 8.68. The molecule has 0 saturated heterocycles. The topological polar surface area (TPSA) is 59.1 Å². The molecule has 0 unspecified atom stereocenters. The minimum absolute atomic E-state index is 0.320. The zero-order valence-electron chi connectivity index (χ0n) is 6.28. The van der Waals surface area contributed by atoms with Gasteiger partial charge in [-0.2, -0.15) is 0 Å². The number of sulfonamides is 1. The molecule has 0 atom stereocenters. The molecule has 0 amide bonds. The van der Waals surface area contributed by atoms with Crippen molar-refractivity contribution in [1.82, 2.24) is 4.98 Å². The van der Waals surface area contributed by atoms with Gasteiger partial charge in [0.25, 0.3) is 0 Å². The molecule has 0 fully saturated rings. The SMILES string of the molecule is CS(=O)(=O)Nc1ccc(Br)cn1. The monoisotopic (exact) mass is 250 g/mol. The van der Waals surface area contributed by atoms with Gasteiger partial charge in [-0.3, -0.25) is 4.72 Å². The Labute approximate surface area is 79.2 Å². The van der Waals surface area contributed by atoms with Crippen LogP contribution >= 0.6 is 15.9 Å². The van der Waals surface area contributed by atoms with E-state index in [0.29, 0.717) is 5.82 Å². The van der Waals surface area contributed by atoms with Crippen LogP contribution < -0.4 is 4.72 Å². The molecule has 0 bridgehead atoms. The molecule has 0 saturated carbocycles. The van der Waals surface area contributed by atoms with Gasteiger partial charge in [-0.05, 0) is 28.1 Å². The smallest absolute Gasteiger partial charge is 0.230 e. The van der Waals surface area contributed by atoms with Gasteiger partial charge in [-0.1, -0.05) is 0 Å². The summed E-state index contributed by atoms with van der Waals surface area (Å²) in [5, 5.41) is 0. The molecule has 1 aromatic heterocycles. The van der Waals surface area contributed by atoms with Crippen LogP contribution in [0, 0.1) is 0 Å². The Morgan fingerprint density at radius 2 is 2.17 bits per heavy atom. The number of hydrogen-bond donors (Lipinski definition) is 1. The maximum absolute atomic E-state index is 10.7. The number of hydrogen-bond acceptors (Lipinski definition) is 3. The summed E-state index contributed by atoms with van der Waals surface area (Å²) in [6.07, 6.45) is 2.60. The van der Waals surface area contributed by atoms with Crippen molar-refractivity contribution < 1.29 is 8.42 Å². The van der Waals surface area contributed by atoms with E-state index in [9.17, 15) is 8.42 Å². The molecule has 66 valence electrons. The van der Waals surface area contributed by atoms with E-state index in [2.05, 4.69) is 25.6 Å². The Kier molecular flexibility index (Phi) is 2.69. The predicted molar refractivity (Wildman–Crippen MR) is 50.4 cm³/mol. The van der Waals surface area contributed by atoms with Gasteiger partial charge < -0.3 is 0 Å². The molecule has 1 heterocycles. The van der Waals surface area contributed by atoms with E-state index in [1.54, 1.807) is 12.1 Å². The lowest BCUT2D eigenvalue weighted by molar-refractivity contribution is 0.606. The van der Waals surface area contributed by atoms with Crippen LogP contribution in [0.25, 0.3) is 0 Å². The minimum Gasteiger partial charge on any atom is -0.268 e. The van der Waals surface area contributed by atoms with Crippen LogP contribution in [0.15, 0.2) is 22.8 Å². The fourth-order valence-electron chi connectivity index (χ4n) is 0.626. The molecule has 1 aromatic rings. The molecule has 1 rings (SSSR count). The van der Waals surface area contributed by atoms with Gasteiger partial charge in [0.05, 0.1) is 6.26 Å². The molecule has 0 radical (unpaired) electrons. The van der Waals surface area contributed by atoms with E-state index in [1.165, 1.54) is 6.20 Å². The van der Waals surface area contributed by atoms with Crippen molar-refractivity contribution in [3.8, 4) is 0 Å². The van der Waals surface area contributed by atoms with E-state index >= 15 is 0 Å². The van der Waals surface area contributed by atoms with Crippen molar-refractivity contribution in [3.63, 3.8) is 0 Å². The number of aromatic nitrogens is 1. The highest BCUT2D eigenvalue weighted by Gasteiger charge is 2.01. The third-order valence-electron chi connectivity index (χ3n) is 1.02. The van der Waals surface area contributed by atoms with E-state index in [0.717, 1.165) is 10.7 Å². The first-order valence-corrected chi connectivity index (χ1v) is 5.75. The first-order valence-electron chi connectivity index (χ1n) is 3.07. The lowest BCUT2D eigenvalue weighted by Gasteiger charge is -2.00. The van der Waals surface area contributed by atoms with Crippen LogP contribution in [0.3, 0.4) is 0 Å². The summed E-state index contributed by atoms with van der Waals surface area (Å²) in [6.45, 7) is 0. The lowest BCUT2D eigenvalue weighted by atomic mass is 10.5. The van der Waals surface area contributed by atoms with Crippen molar-refractivity contribution in [2.75, 3.05) is 11.0 Å². The Hall–Kier alpha value is -0.620. The summed E-state index contributed by atoms with van der Waals surface area (Å²) in [4.78, 5) is 3.83. The number of nitrogens with zero attached hydrogens (tertiary/aromatic N) is 1. The molecule has 0 aliphatic rings. The minimum atomic E-state index is -3.22. The van der Waals surface area contributed by atoms with Crippen molar-refractivity contribution in [1.29, 1.82) is 0 Å². The predicted octanol–water partition coefficient (Wildman–Crippen LogP) is 1.22. The molecule has 0 aliphatic carbocycles. The maximum Gasteiger partial charge on any atom is 0.230 e. The van der Waals surface area contributed by atoms with E-state index in [4.69, 9.17) is 0 Å². The highest BCUT2D eigenvalue weighted by Crippen LogP contribution is 2.10. The largest absolute Gasteiger partial charge is 0.268 e. The highest BCUT2D eigenvalue weighted by molar-refractivity contribution is 9.10. The Bertz CT molecular complexity index is 360. The molecule has 12 heavy (non-hydrogen) atoms. The number of pyridine rings is 1. The molecule has 0 spiro atoms. The van der Waals surface area contributed by atoms with E-state index in [-0.39, 0.29) is 0 Å². The Morgan fingerprint density at radius 3 is 2.58 bits per heavy atom. The van der Waals surface area contributed by atoms with E-state index < -0.39 is 10.0 Å². The number of anilines is 1. The van der Waals surface area contributed by atoms with Crippen LogP contribution in [-0.4, -0.2) is 19.7 Å². The third kappa shape index (κ3) is 3.19. The second kappa shape index (κ2) is 3.40. The van der Waals surface area contributed by atoms with E-state index in [1.807, 2.05) is 0 Å². The summed E-state index contributed by atoms with van der Waals surface area (Å²) < 4.78 is 24.5. The second-order valence-electron chi connectivity index (χ2n) is 2.24. The normalized spacial score (nSPS) is 11.2. The lowest BCUT2D eigenvalue weighted by Crippen LogP contribution is -2.10. The number of halogens is 1. The Balaban J connectivity index is 2.85. The quantitative estimate of drug-likeness (QED) is 0.859. The van der Waals surface area contributed by atoms with Gasteiger partial charge in [-0.15, -0.1) is 0 Å². The van der Waals surface area contributed by atoms with Crippen LogP contribution in [0.4, 0.5) is 5.82 Å². The first kappa shape index (κ1) is 9.47. The van der Waals surface area contributed by atoms with Gasteiger partial charge in [-0.25, -0.2) is 13.4 Å². The van der Waals surface area contributed by atoms with Crippen LogP contribution in [-0.2, 0) is 10.0 Å². The van der Waals surface area contributed by atoms with Crippen molar-refractivity contribution >= 4 is 31.8 Å². The first-order chi connectivity index (χ1) is 5.47. The molecule has 4 nitrogen and oxygen atoms in total. The third-order valence-corrected chi connectivity index (χ3v) is 2.07. The Morgan fingerprint density at radius 1 is 1.50 bits per heavy atom. The summed E-state index contributed by atoms with van der Waals surface area (Å²) >= 11 is 3.19. The van der Waals surface area contributed by atoms with Crippen molar-refractivity contribution in [2.45, 2.75) is 0 Å². The summed E-state index contributed by atoms with van der Waals surface area (Å²) in [6, 6.07) is 3.28. The zero-order chi connectivity index (χ0) is 9.19.